The number of carbonyl (C=O) groups is 1. The monoisotopic (exact) mass is 298 g/mol. The number of likely N-dealkylation sites (tertiary alicyclic amines) is 1. The van der Waals surface area contributed by atoms with E-state index in [1.54, 1.807) is 4.90 Å². The highest BCUT2D eigenvalue weighted by Gasteiger charge is 2.60. The minimum atomic E-state index is -1.17. The highest BCUT2D eigenvalue weighted by atomic mass is 16.7. The summed E-state index contributed by atoms with van der Waals surface area (Å²) in [6, 6.07) is -1.32. The van der Waals surface area contributed by atoms with Crippen LogP contribution in [0.5, 0.6) is 0 Å². The summed E-state index contributed by atoms with van der Waals surface area (Å²) in [5, 5.41) is 11.3. The van der Waals surface area contributed by atoms with Crippen LogP contribution in [-0.4, -0.2) is 53.4 Å². The number of ether oxygens (including phenoxy) is 2. The van der Waals surface area contributed by atoms with Crippen molar-refractivity contribution >= 4 is 5.91 Å². The standard InChI is InChI=1S/C14H22N2O5/c1-2-3-4-5-6-15-10-7-9(11-8-20-14(10)21-11)12(13(15)17)16(18)19/h9-12,14H,2-8H2,1H3/t9-,10-,11-,12-,14+/m0/s1. The molecule has 3 heterocycles. The number of carbonyl (C=O) groups excluding carboxylic acids is 1. The molecule has 7 nitrogen and oxygen atoms in total. The molecule has 1 amide bonds. The predicted molar refractivity (Wildman–Crippen MR) is 73.1 cm³/mol. The molecule has 21 heavy (non-hydrogen) atoms. The molecule has 0 saturated carbocycles. The van der Waals surface area contributed by atoms with Crippen molar-refractivity contribution in [1.82, 2.24) is 4.90 Å². The van der Waals surface area contributed by atoms with E-state index in [9.17, 15) is 14.9 Å². The van der Waals surface area contributed by atoms with E-state index in [1.807, 2.05) is 0 Å². The van der Waals surface area contributed by atoms with Gasteiger partial charge in [-0.25, -0.2) is 0 Å². The smallest absolute Gasteiger partial charge is 0.298 e. The van der Waals surface area contributed by atoms with Gasteiger partial charge < -0.3 is 14.4 Å². The molecule has 4 bridgehead atoms. The second-order valence-electron chi connectivity index (χ2n) is 6.17. The van der Waals surface area contributed by atoms with Crippen LogP contribution in [0.3, 0.4) is 0 Å². The van der Waals surface area contributed by atoms with Gasteiger partial charge in [0.1, 0.15) is 0 Å². The zero-order valence-corrected chi connectivity index (χ0v) is 12.3. The first-order valence-corrected chi connectivity index (χ1v) is 7.84. The molecule has 3 fully saturated rings. The maximum atomic E-state index is 12.5. The van der Waals surface area contributed by atoms with E-state index in [4.69, 9.17) is 9.47 Å². The third kappa shape index (κ3) is 2.53. The highest BCUT2D eigenvalue weighted by Crippen LogP contribution is 2.41. The van der Waals surface area contributed by atoms with Gasteiger partial charge in [0.25, 0.3) is 11.9 Å². The number of nitrogens with zero attached hydrogens (tertiary/aromatic N) is 2. The average Bonchev–Trinajstić information content (AvgIpc) is 2.88. The normalized spacial score (nSPS) is 37.9. The Labute approximate surface area is 123 Å². The molecule has 7 heteroatoms. The van der Waals surface area contributed by atoms with Crippen molar-refractivity contribution < 1.29 is 19.2 Å². The third-order valence-electron chi connectivity index (χ3n) is 4.86. The summed E-state index contributed by atoms with van der Waals surface area (Å²) in [6.07, 6.45) is 4.08. The van der Waals surface area contributed by atoms with E-state index in [0.29, 0.717) is 19.6 Å². The predicted octanol–water partition coefficient (Wildman–Crippen LogP) is 1.18. The van der Waals surface area contributed by atoms with Crippen molar-refractivity contribution in [2.24, 2.45) is 5.92 Å². The summed E-state index contributed by atoms with van der Waals surface area (Å²) in [6.45, 7) is 3.06. The number of rotatable bonds is 6. The van der Waals surface area contributed by atoms with Gasteiger partial charge in [0.2, 0.25) is 0 Å². The van der Waals surface area contributed by atoms with E-state index >= 15 is 0 Å². The molecule has 3 aliphatic rings. The van der Waals surface area contributed by atoms with E-state index in [0.717, 1.165) is 25.7 Å². The molecule has 0 radical (unpaired) electrons. The third-order valence-corrected chi connectivity index (χ3v) is 4.86. The lowest BCUT2D eigenvalue weighted by atomic mass is 9.81. The first-order chi connectivity index (χ1) is 10.1. The van der Waals surface area contributed by atoms with Gasteiger partial charge in [-0.2, -0.15) is 0 Å². The van der Waals surface area contributed by atoms with Crippen LogP contribution in [0, 0.1) is 16.0 Å². The lowest BCUT2D eigenvalue weighted by Gasteiger charge is -2.45. The van der Waals surface area contributed by atoms with Crippen LogP contribution in [0.25, 0.3) is 0 Å². The molecule has 0 aromatic carbocycles. The second kappa shape index (κ2) is 5.88. The fourth-order valence-corrected chi connectivity index (χ4v) is 3.76. The topological polar surface area (TPSA) is 81.9 Å². The van der Waals surface area contributed by atoms with Gasteiger partial charge in [0, 0.05) is 11.5 Å². The Morgan fingerprint density at radius 3 is 2.90 bits per heavy atom. The largest absolute Gasteiger partial charge is 0.348 e. The zero-order valence-electron chi connectivity index (χ0n) is 12.3. The minimum absolute atomic E-state index is 0.154. The Morgan fingerprint density at radius 1 is 1.38 bits per heavy atom. The second-order valence-corrected chi connectivity index (χ2v) is 6.17. The number of fused-ring (bicyclic) bond motifs is 6. The van der Waals surface area contributed by atoms with Crippen molar-refractivity contribution in [3.05, 3.63) is 10.1 Å². The first-order valence-electron chi connectivity index (χ1n) is 7.84. The lowest BCUT2D eigenvalue weighted by Crippen LogP contribution is -2.64. The number of unbranched alkanes of at least 4 members (excludes halogenated alkanes) is 3. The molecular formula is C14H22N2O5. The van der Waals surface area contributed by atoms with Crippen LogP contribution in [0.15, 0.2) is 0 Å². The molecule has 3 aliphatic heterocycles. The van der Waals surface area contributed by atoms with Crippen LogP contribution in [0.2, 0.25) is 0 Å². The average molecular weight is 298 g/mol. The van der Waals surface area contributed by atoms with Gasteiger partial charge in [-0.05, 0) is 12.8 Å². The SMILES string of the molecule is CCCCCCN1C(=O)[C@@H]([N+](=O)[O-])[C@H]2C[C@H]1[C@@H]1OC[C@@H]2O1. The fourth-order valence-electron chi connectivity index (χ4n) is 3.76. The van der Waals surface area contributed by atoms with Gasteiger partial charge >= 0.3 is 0 Å². The van der Waals surface area contributed by atoms with Gasteiger partial charge in [-0.3, -0.25) is 14.9 Å². The maximum Gasteiger partial charge on any atom is 0.298 e. The summed E-state index contributed by atoms with van der Waals surface area (Å²) in [7, 11) is 0. The molecule has 0 spiro atoms. The first kappa shape index (κ1) is 14.7. The number of nitro groups is 1. The Hall–Kier alpha value is -1.21. The van der Waals surface area contributed by atoms with Crippen LogP contribution < -0.4 is 0 Å². The minimum Gasteiger partial charge on any atom is -0.348 e. The zero-order chi connectivity index (χ0) is 15.0. The van der Waals surface area contributed by atoms with Crippen molar-refractivity contribution in [3.63, 3.8) is 0 Å². The number of hydrogen-bond acceptors (Lipinski definition) is 5. The Morgan fingerprint density at radius 2 is 2.19 bits per heavy atom. The fraction of sp³-hybridized carbons (Fsp3) is 0.929. The lowest BCUT2D eigenvalue weighted by molar-refractivity contribution is -0.525. The summed E-state index contributed by atoms with van der Waals surface area (Å²) in [5.74, 6) is -0.690. The van der Waals surface area contributed by atoms with Crippen LogP contribution in [0.1, 0.15) is 39.0 Å². The molecule has 118 valence electrons. The number of piperidine rings is 1. The molecule has 0 unspecified atom stereocenters. The van der Waals surface area contributed by atoms with Crippen molar-refractivity contribution in [2.45, 2.75) is 63.5 Å². The van der Waals surface area contributed by atoms with Crippen molar-refractivity contribution in [2.75, 3.05) is 13.2 Å². The maximum absolute atomic E-state index is 12.5. The molecule has 3 saturated heterocycles. The van der Waals surface area contributed by atoms with Gasteiger partial charge in [-0.15, -0.1) is 0 Å². The Bertz CT molecular complexity index is 430. The Kier molecular flexibility index (Phi) is 4.12. The summed E-state index contributed by atoms with van der Waals surface area (Å²) in [4.78, 5) is 25.1. The molecule has 0 aromatic heterocycles. The van der Waals surface area contributed by atoms with Crippen LogP contribution in [-0.2, 0) is 14.3 Å². The van der Waals surface area contributed by atoms with Gasteiger partial charge in [0.05, 0.1) is 24.7 Å². The molecule has 3 rings (SSSR count). The Balaban J connectivity index is 1.75. The quantitative estimate of drug-likeness (QED) is 0.418. The molecule has 0 N–H and O–H groups in total. The van der Waals surface area contributed by atoms with E-state index < -0.39 is 17.3 Å². The molecule has 5 atom stereocenters. The van der Waals surface area contributed by atoms with Crippen molar-refractivity contribution in [1.29, 1.82) is 0 Å². The van der Waals surface area contributed by atoms with Crippen molar-refractivity contribution in [3.8, 4) is 0 Å². The van der Waals surface area contributed by atoms with Gasteiger partial charge in [-0.1, -0.05) is 26.2 Å². The molecular weight excluding hydrogens is 276 g/mol. The highest BCUT2D eigenvalue weighted by molar-refractivity contribution is 5.82. The molecule has 0 aromatic rings. The van der Waals surface area contributed by atoms with E-state index in [-0.39, 0.29) is 24.0 Å². The summed E-state index contributed by atoms with van der Waals surface area (Å²) < 4.78 is 11.3. The van der Waals surface area contributed by atoms with Gasteiger partial charge in [0.15, 0.2) is 6.29 Å². The number of amides is 1. The van der Waals surface area contributed by atoms with Crippen LogP contribution in [0.4, 0.5) is 0 Å². The van der Waals surface area contributed by atoms with Crippen LogP contribution >= 0.6 is 0 Å². The van der Waals surface area contributed by atoms with E-state index in [1.165, 1.54) is 0 Å². The summed E-state index contributed by atoms with van der Waals surface area (Å²) in [5.41, 5.74) is 0. The molecule has 0 aliphatic carbocycles. The number of hydrogen-bond donors (Lipinski definition) is 0. The summed E-state index contributed by atoms with van der Waals surface area (Å²) >= 11 is 0. The van der Waals surface area contributed by atoms with E-state index in [2.05, 4.69) is 6.92 Å².